The molecule has 2 heteroatoms. The van der Waals surface area contributed by atoms with E-state index in [0.29, 0.717) is 0 Å². The van der Waals surface area contributed by atoms with Crippen LogP contribution in [-0.2, 0) is 5.41 Å². The molecule has 0 unspecified atom stereocenters. The second kappa shape index (κ2) is 9.82. The van der Waals surface area contributed by atoms with Crippen molar-refractivity contribution < 1.29 is 4.42 Å². The van der Waals surface area contributed by atoms with Crippen LogP contribution in [0.4, 0.5) is 17.1 Å². The van der Waals surface area contributed by atoms with Crippen molar-refractivity contribution in [1.82, 2.24) is 0 Å². The standard InChI is InChI=1S/C47H29NO/c1-2-14-31(15-3-1)48(32-26-28-43-38(29-32)45-33-16-5-4-13-30(33)25-27-44(45)49-43)42-24-12-20-37-36-19-8-11-23-41(36)47(46(37)42)39-21-9-6-17-34(39)35-18-7-10-22-40(35)47/h1-29H. The van der Waals surface area contributed by atoms with E-state index in [-0.39, 0.29) is 0 Å². The first-order valence-electron chi connectivity index (χ1n) is 16.9. The van der Waals surface area contributed by atoms with E-state index in [0.717, 1.165) is 33.3 Å². The van der Waals surface area contributed by atoms with Crippen molar-refractivity contribution in [3.63, 3.8) is 0 Å². The zero-order valence-electron chi connectivity index (χ0n) is 26.6. The van der Waals surface area contributed by atoms with Crippen LogP contribution in [0.1, 0.15) is 22.3 Å². The molecular formula is C47H29NO. The third kappa shape index (κ3) is 3.45. The van der Waals surface area contributed by atoms with Crippen molar-refractivity contribution in [3.8, 4) is 22.3 Å². The number of hydrogen-bond acceptors (Lipinski definition) is 2. The maximum absolute atomic E-state index is 6.46. The molecule has 0 bridgehead atoms. The van der Waals surface area contributed by atoms with Crippen molar-refractivity contribution in [2.24, 2.45) is 0 Å². The largest absolute Gasteiger partial charge is 0.456 e. The van der Waals surface area contributed by atoms with Crippen LogP contribution in [0.15, 0.2) is 180 Å². The van der Waals surface area contributed by atoms with Gasteiger partial charge in [-0.25, -0.2) is 0 Å². The number of anilines is 3. The summed E-state index contributed by atoms with van der Waals surface area (Å²) in [4.78, 5) is 2.46. The van der Waals surface area contributed by atoms with Crippen molar-refractivity contribution >= 4 is 49.8 Å². The topological polar surface area (TPSA) is 16.4 Å². The zero-order valence-corrected chi connectivity index (χ0v) is 26.6. The molecule has 1 aromatic heterocycles. The fourth-order valence-corrected chi connectivity index (χ4v) is 9.00. The number of furan rings is 1. The Kier molecular flexibility index (Phi) is 5.34. The van der Waals surface area contributed by atoms with Crippen LogP contribution in [0, 0.1) is 0 Å². The van der Waals surface area contributed by atoms with Crippen molar-refractivity contribution in [2.75, 3.05) is 4.90 Å². The zero-order chi connectivity index (χ0) is 32.1. The highest BCUT2D eigenvalue weighted by atomic mass is 16.3. The predicted octanol–water partition coefficient (Wildman–Crippen LogP) is 12.6. The lowest BCUT2D eigenvalue weighted by atomic mass is 9.70. The Bertz CT molecular complexity index is 2730. The fraction of sp³-hybridized carbons (Fsp3) is 0.0213. The van der Waals surface area contributed by atoms with E-state index in [1.54, 1.807) is 0 Å². The van der Waals surface area contributed by atoms with Crippen LogP contribution in [0.25, 0.3) is 55.0 Å². The molecule has 0 N–H and O–H groups in total. The number of fused-ring (bicyclic) bond motifs is 15. The second-order valence-electron chi connectivity index (χ2n) is 13.2. The summed E-state index contributed by atoms with van der Waals surface area (Å²) >= 11 is 0. The summed E-state index contributed by atoms with van der Waals surface area (Å²) in [7, 11) is 0. The smallest absolute Gasteiger partial charge is 0.136 e. The summed E-state index contributed by atoms with van der Waals surface area (Å²) in [6.07, 6.45) is 0. The lowest BCUT2D eigenvalue weighted by Gasteiger charge is -2.35. The lowest BCUT2D eigenvalue weighted by Crippen LogP contribution is -2.28. The fourth-order valence-electron chi connectivity index (χ4n) is 9.00. The van der Waals surface area contributed by atoms with Gasteiger partial charge in [0.25, 0.3) is 0 Å². The third-order valence-corrected chi connectivity index (χ3v) is 10.8. The van der Waals surface area contributed by atoms with Crippen LogP contribution in [0.3, 0.4) is 0 Å². The van der Waals surface area contributed by atoms with E-state index < -0.39 is 5.41 Å². The first-order valence-corrected chi connectivity index (χ1v) is 16.9. The van der Waals surface area contributed by atoms with Crippen LogP contribution in [0.5, 0.6) is 0 Å². The molecule has 49 heavy (non-hydrogen) atoms. The molecule has 2 nitrogen and oxygen atoms in total. The highest BCUT2D eigenvalue weighted by Gasteiger charge is 2.53. The Morgan fingerprint density at radius 1 is 0.408 bits per heavy atom. The molecule has 0 saturated heterocycles. The van der Waals surface area contributed by atoms with Crippen LogP contribution in [0.2, 0.25) is 0 Å². The molecule has 0 amide bonds. The first-order chi connectivity index (χ1) is 24.3. The molecular weight excluding hydrogens is 595 g/mol. The monoisotopic (exact) mass is 623 g/mol. The van der Waals surface area contributed by atoms with Crippen LogP contribution in [-0.4, -0.2) is 0 Å². The SMILES string of the molecule is c1ccc(N(c2ccc3oc4ccc5ccccc5c4c3c2)c2cccc3c2C2(c4ccccc4-c4ccccc42)c2ccccc2-3)cc1. The maximum Gasteiger partial charge on any atom is 0.136 e. The van der Waals surface area contributed by atoms with E-state index in [1.165, 1.54) is 61.0 Å². The van der Waals surface area contributed by atoms with Gasteiger partial charge in [0.05, 0.1) is 11.1 Å². The Morgan fingerprint density at radius 3 is 1.73 bits per heavy atom. The highest BCUT2D eigenvalue weighted by Crippen LogP contribution is 2.65. The molecule has 0 atom stereocenters. The van der Waals surface area contributed by atoms with Gasteiger partial charge >= 0.3 is 0 Å². The number of benzene rings is 8. The van der Waals surface area contributed by atoms with Gasteiger partial charge in [-0.3, -0.25) is 0 Å². The van der Waals surface area contributed by atoms with Gasteiger partial charge in [-0.1, -0.05) is 133 Å². The Balaban J connectivity index is 1.26. The van der Waals surface area contributed by atoms with Gasteiger partial charge in [-0.15, -0.1) is 0 Å². The van der Waals surface area contributed by atoms with Crippen LogP contribution >= 0.6 is 0 Å². The molecule has 9 aromatic rings. The summed E-state index contributed by atoms with van der Waals surface area (Å²) in [5, 5.41) is 4.69. The number of hydrogen-bond donors (Lipinski definition) is 0. The third-order valence-electron chi connectivity index (χ3n) is 10.8. The van der Waals surface area contributed by atoms with Gasteiger partial charge in [0, 0.05) is 27.7 Å². The number of rotatable bonds is 3. The minimum absolute atomic E-state index is 0.467. The molecule has 0 fully saturated rings. The molecule has 11 rings (SSSR count). The molecule has 1 heterocycles. The van der Waals surface area contributed by atoms with Crippen molar-refractivity contribution in [2.45, 2.75) is 5.41 Å². The molecule has 0 saturated carbocycles. The van der Waals surface area contributed by atoms with E-state index in [9.17, 15) is 0 Å². The van der Waals surface area contributed by atoms with Gasteiger partial charge < -0.3 is 9.32 Å². The molecule has 2 aliphatic carbocycles. The molecule has 0 aliphatic heterocycles. The highest BCUT2D eigenvalue weighted by molar-refractivity contribution is 6.19. The Morgan fingerprint density at radius 2 is 1.00 bits per heavy atom. The molecule has 1 spiro atoms. The Hall–Kier alpha value is -6.38. The maximum atomic E-state index is 6.46. The number of nitrogens with zero attached hydrogens (tertiary/aromatic N) is 1. The van der Waals surface area contributed by atoms with Crippen LogP contribution < -0.4 is 4.90 Å². The normalized spacial score (nSPS) is 13.5. The summed E-state index contributed by atoms with van der Waals surface area (Å²) in [6.45, 7) is 0. The lowest BCUT2D eigenvalue weighted by molar-refractivity contribution is 0.669. The van der Waals surface area contributed by atoms with E-state index in [1.807, 2.05) is 0 Å². The van der Waals surface area contributed by atoms with Gasteiger partial charge in [0.2, 0.25) is 0 Å². The van der Waals surface area contributed by atoms with E-state index >= 15 is 0 Å². The Labute approximate surface area is 284 Å². The summed E-state index contributed by atoms with van der Waals surface area (Å²) in [5.41, 5.74) is 15.2. The average Bonchev–Trinajstić information content (AvgIpc) is 3.80. The molecule has 228 valence electrons. The summed E-state index contributed by atoms with van der Waals surface area (Å²) in [5.74, 6) is 0. The second-order valence-corrected chi connectivity index (χ2v) is 13.2. The van der Waals surface area contributed by atoms with Gasteiger partial charge in [0.15, 0.2) is 0 Å². The summed E-state index contributed by atoms with van der Waals surface area (Å²) in [6, 6.07) is 64.3. The van der Waals surface area contributed by atoms with Gasteiger partial charge in [-0.05, 0) is 92.2 Å². The number of para-hydroxylation sites is 1. The van der Waals surface area contributed by atoms with Gasteiger partial charge in [0.1, 0.15) is 11.2 Å². The summed E-state index contributed by atoms with van der Waals surface area (Å²) < 4.78 is 6.46. The molecule has 8 aromatic carbocycles. The first kappa shape index (κ1) is 26.7. The van der Waals surface area contributed by atoms with E-state index in [4.69, 9.17) is 4.42 Å². The average molecular weight is 624 g/mol. The van der Waals surface area contributed by atoms with E-state index in [2.05, 4.69) is 181 Å². The predicted molar refractivity (Wildman–Crippen MR) is 202 cm³/mol. The minimum Gasteiger partial charge on any atom is -0.456 e. The van der Waals surface area contributed by atoms with Gasteiger partial charge in [-0.2, -0.15) is 0 Å². The quantitative estimate of drug-likeness (QED) is 0.195. The molecule has 2 aliphatic rings. The minimum atomic E-state index is -0.467. The van der Waals surface area contributed by atoms with Crippen molar-refractivity contribution in [3.05, 3.63) is 198 Å². The molecule has 0 radical (unpaired) electrons. The van der Waals surface area contributed by atoms with Crippen molar-refractivity contribution in [1.29, 1.82) is 0 Å².